The Morgan fingerprint density at radius 1 is 1.50 bits per heavy atom. The van der Waals surface area contributed by atoms with Gasteiger partial charge in [0.2, 0.25) is 5.91 Å². The van der Waals surface area contributed by atoms with Gasteiger partial charge in [0.05, 0.1) is 18.4 Å². The number of hydrogen-bond donors (Lipinski definition) is 0. The molecule has 0 N–H and O–H groups in total. The van der Waals surface area contributed by atoms with Crippen LogP contribution in [-0.4, -0.2) is 60.9 Å². The lowest BCUT2D eigenvalue weighted by molar-refractivity contribution is -0.139. The molecule has 22 heavy (non-hydrogen) atoms. The molecular weight excluding hydrogens is 284 g/mol. The first-order valence-electron chi connectivity index (χ1n) is 7.68. The second-order valence-corrected chi connectivity index (χ2v) is 5.94. The summed E-state index contributed by atoms with van der Waals surface area (Å²) in [5.74, 6) is 0.833. The van der Waals surface area contributed by atoms with Crippen LogP contribution < -0.4 is 4.74 Å². The van der Waals surface area contributed by atoms with Gasteiger partial charge in [-0.3, -0.25) is 9.78 Å². The van der Waals surface area contributed by atoms with Crippen molar-refractivity contribution >= 4 is 5.91 Å². The van der Waals surface area contributed by atoms with Crippen molar-refractivity contribution in [2.45, 2.75) is 31.0 Å². The Kier molecular flexibility index (Phi) is 4.59. The van der Waals surface area contributed by atoms with E-state index in [0.717, 1.165) is 38.1 Å². The van der Waals surface area contributed by atoms with Gasteiger partial charge in [0, 0.05) is 32.8 Å². The van der Waals surface area contributed by atoms with Crippen molar-refractivity contribution in [2.75, 3.05) is 33.4 Å². The maximum absolute atomic E-state index is 11.8. The van der Waals surface area contributed by atoms with Crippen molar-refractivity contribution in [3.8, 4) is 5.75 Å². The second kappa shape index (κ2) is 6.62. The number of aromatic nitrogens is 1. The number of pyridine rings is 1. The highest BCUT2D eigenvalue weighted by Crippen LogP contribution is 2.37. The Morgan fingerprint density at radius 3 is 3.00 bits per heavy atom. The van der Waals surface area contributed by atoms with Crippen LogP contribution in [-0.2, 0) is 14.3 Å². The number of carbonyl (C=O) groups excluding carboxylic acids is 1. The first kappa shape index (κ1) is 15.2. The summed E-state index contributed by atoms with van der Waals surface area (Å²) in [5, 5.41) is 0. The van der Waals surface area contributed by atoms with Crippen LogP contribution in [0.5, 0.6) is 5.75 Å². The summed E-state index contributed by atoms with van der Waals surface area (Å²) >= 11 is 0. The summed E-state index contributed by atoms with van der Waals surface area (Å²) in [6.07, 6.45) is 6.09. The average molecular weight is 306 g/mol. The molecule has 120 valence electrons. The highest BCUT2D eigenvalue weighted by Gasteiger charge is 2.44. The van der Waals surface area contributed by atoms with Gasteiger partial charge in [-0.05, 0) is 25.0 Å². The molecule has 0 saturated carbocycles. The first-order chi connectivity index (χ1) is 10.7. The monoisotopic (exact) mass is 306 g/mol. The SMILES string of the molecule is COCC(=O)N1CCC2(CC1)CC(Oc1cccnc1)CO2. The van der Waals surface area contributed by atoms with Crippen LogP contribution in [0.3, 0.4) is 0 Å². The zero-order valence-electron chi connectivity index (χ0n) is 12.9. The molecular formula is C16H22N2O4. The van der Waals surface area contributed by atoms with Gasteiger partial charge in [-0.25, -0.2) is 0 Å². The smallest absolute Gasteiger partial charge is 0.248 e. The van der Waals surface area contributed by atoms with Crippen molar-refractivity contribution in [3.05, 3.63) is 24.5 Å². The van der Waals surface area contributed by atoms with Crippen LogP contribution in [0.15, 0.2) is 24.5 Å². The van der Waals surface area contributed by atoms with E-state index in [1.165, 1.54) is 0 Å². The molecule has 1 atom stereocenters. The standard InChI is InChI=1S/C16H22N2O4/c1-20-12-15(19)18-7-4-16(5-8-18)9-14(11-21-16)22-13-3-2-6-17-10-13/h2-3,6,10,14H,4-5,7-9,11-12H2,1H3. The normalized spacial score (nSPS) is 23.7. The molecule has 2 aliphatic heterocycles. The van der Waals surface area contributed by atoms with Gasteiger partial charge >= 0.3 is 0 Å². The van der Waals surface area contributed by atoms with Gasteiger partial charge in [0.15, 0.2) is 0 Å². The maximum Gasteiger partial charge on any atom is 0.248 e. The van der Waals surface area contributed by atoms with Crippen molar-refractivity contribution in [1.82, 2.24) is 9.88 Å². The molecule has 1 spiro atoms. The molecule has 2 aliphatic rings. The van der Waals surface area contributed by atoms with Crippen LogP contribution in [0.2, 0.25) is 0 Å². The molecule has 2 fully saturated rings. The number of nitrogens with zero attached hydrogens (tertiary/aromatic N) is 2. The van der Waals surface area contributed by atoms with Crippen LogP contribution in [0.25, 0.3) is 0 Å². The summed E-state index contributed by atoms with van der Waals surface area (Å²) in [6.45, 7) is 2.20. The molecule has 3 rings (SSSR count). The lowest BCUT2D eigenvalue weighted by Crippen LogP contribution is -2.47. The number of piperidine rings is 1. The summed E-state index contributed by atoms with van der Waals surface area (Å²) in [4.78, 5) is 17.7. The molecule has 1 unspecified atom stereocenters. The minimum atomic E-state index is -0.142. The molecule has 0 radical (unpaired) electrons. The van der Waals surface area contributed by atoms with E-state index < -0.39 is 0 Å². The Labute approximate surface area is 130 Å². The Balaban J connectivity index is 1.51. The number of likely N-dealkylation sites (tertiary alicyclic amines) is 1. The zero-order chi connectivity index (χ0) is 15.4. The van der Waals surface area contributed by atoms with Crippen molar-refractivity contribution in [2.24, 2.45) is 0 Å². The lowest BCUT2D eigenvalue weighted by Gasteiger charge is -2.38. The third-order valence-corrected chi connectivity index (χ3v) is 4.41. The number of hydrogen-bond acceptors (Lipinski definition) is 5. The first-order valence-corrected chi connectivity index (χ1v) is 7.68. The van der Waals surface area contributed by atoms with Crippen LogP contribution in [0.4, 0.5) is 0 Å². The largest absolute Gasteiger partial charge is 0.486 e. The molecule has 3 heterocycles. The lowest BCUT2D eigenvalue weighted by atomic mass is 9.88. The van der Waals surface area contributed by atoms with E-state index in [2.05, 4.69) is 4.98 Å². The van der Waals surface area contributed by atoms with Gasteiger partial charge in [0.25, 0.3) is 0 Å². The molecule has 0 aliphatic carbocycles. The van der Waals surface area contributed by atoms with Gasteiger partial charge in [-0.15, -0.1) is 0 Å². The molecule has 1 amide bonds. The predicted molar refractivity (Wildman–Crippen MR) is 79.6 cm³/mol. The van der Waals surface area contributed by atoms with E-state index in [-0.39, 0.29) is 24.2 Å². The van der Waals surface area contributed by atoms with Crippen LogP contribution in [0, 0.1) is 0 Å². The number of carbonyl (C=O) groups is 1. The number of ether oxygens (including phenoxy) is 3. The fourth-order valence-electron chi connectivity index (χ4n) is 3.21. The minimum Gasteiger partial charge on any atom is -0.486 e. The van der Waals surface area contributed by atoms with Gasteiger partial charge < -0.3 is 19.1 Å². The summed E-state index contributed by atoms with van der Waals surface area (Å²) in [7, 11) is 1.55. The number of amides is 1. The van der Waals surface area contributed by atoms with Crippen LogP contribution in [0.1, 0.15) is 19.3 Å². The third kappa shape index (κ3) is 3.39. The molecule has 6 heteroatoms. The number of methoxy groups -OCH3 is 1. The summed E-state index contributed by atoms with van der Waals surface area (Å²) in [6, 6.07) is 3.77. The van der Waals surface area contributed by atoms with E-state index >= 15 is 0 Å². The quantitative estimate of drug-likeness (QED) is 0.838. The Hall–Kier alpha value is -1.66. The third-order valence-electron chi connectivity index (χ3n) is 4.41. The Bertz CT molecular complexity index is 500. The Morgan fingerprint density at radius 2 is 2.32 bits per heavy atom. The molecule has 1 aromatic heterocycles. The number of rotatable bonds is 4. The van der Waals surface area contributed by atoms with E-state index in [1.807, 2.05) is 17.0 Å². The minimum absolute atomic E-state index is 0.0542. The van der Waals surface area contributed by atoms with E-state index in [4.69, 9.17) is 14.2 Å². The zero-order valence-corrected chi connectivity index (χ0v) is 12.9. The predicted octanol–water partition coefficient (Wildman–Crippen LogP) is 1.26. The highest BCUT2D eigenvalue weighted by atomic mass is 16.6. The molecule has 0 aromatic carbocycles. The van der Waals surface area contributed by atoms with Gasteiger partial charge in [-0.2, -0.15) is 0 Å². The van der Waals surface area contributed by atoms with Crippen molar-refractivity contribution < 1.29 is 19.0 Å². The van der Waals surface area contributed by atoms with E-state index in [1.54, 1.807) is 19.5 Å². The van der Waals surface area contributed by atoms with E-state index in [0.29, 0.717) is 6.61 Å². The van der Waals surface area contributed by atoms with Crippen molar-refractivity contribution in [3.63, 3.8) is 0 Å². The molecule has 6 nitrogen and oxygen atoms in total. The highest BCUT2D eigenvalue weighted by molar-refractivity contribution is 5.77. The van der Waals surface area contributed by atoms with Crippen molar-refractivity contribution in [1.29, 1.82) is 0 Å². The van der Waals surface area contributed by atoms with E-state index in [9.17, 15) is 4.79 Å². The maximum atomic E-state index is 11.8. The fourth-order valence-corrected chi connectivity index (χ4v) is 3.21. The summed E-state index contributed by atoms with van der Waals surface area (Å²) < 4.78 is 16.9. The molecule has 2 saturated heterocycles. The van der Waals surface area contributed by atoms with Gasteiger partial charge in [-0.1, -0.05) is 0 Å². The average Bonchev–Trinajstić information content (AvgIpc) is 2.92. The fraction of sp³-hybridized carbons (Fsp3) is 0.625. The molecule has 1 aromatic rings. The summed E-state index contributed by atoms with van der Waals surface area (Å²) in [5.41, 5.74) is -0.142. The van der Waals surface area contributed by atoms with Gasteiger partial charge in [0.1, 0.15) is 18.5 Å². The second-order valence-electron chi connectivity index (χ2n) is 5.94. The topological polar surface area (TPSA) is 60.9 Å². The molecule has 0 bridgehead atoms. The van der Waals surface area contributed by atoms with Crippen LogP contribution >= 0.6 is 0 Å².